The number of rotatable bonds is 4. The Morgan fingerprint density at radius 3 is 2.26 bits per heavy atom. The summed E-state index contributed by atoms with van der Waals surface area (Å²) >= 11 is 0. The van der Waals surface area contributed by atoms with Crippen molar-refractivity contribution >= 4 is 0 Å². The van der Waals surface area contributed by atoms with E-state index in [-0.39, 0.29) is 5.54 Å². The van der Waals surface area contributed by atoms with Gasteiger partial charge in [-0.25, -0.2) is 0 Å². The highest BCUT2D eigenvalue weighted by Gasteiger charge is 2.38. The normalized spacial score (nSPS) is 28.0. The van der Waals surface area contributed by atoms with Gasteiger partial charge in [-0.2, -0.15) is 0 Å². The minimum absolute atomic E-state index is 0.222. The van der Waals surface area contributed by atoms with Crippen LogP contribution in [0.4, 0.5) is 0 Å². The Morgan fingerprint density at radius 1 is 1.21 bits per heavy atom. The zero-order valence-corrected chi connectivity index (χ0v) is 12.6. The second-order valence-corrected chi connectivity index (χ2v) is 6.32. The molecule has 0 radical (unpaired) electrons. The van der Waals surface area contributed by atoms with E-state index in [4.69, 9.17) is 5.73 Å². The molecule has 0 unspecified atom stereocenters. The van der Waals surface area contributed by atoms with Crippen LogP contribution in [0.2, 0.25) is 0 Å². The average molecular weight is 260 g/mol. The van der Waals surface area contributed by atoms with Crippen molar-refractivity contribution in [3.05, 3.63) is 35.9 Å². The number of hydrogen-bond acceptors (Lipinski definition) is 2. The van der Waals surface area contributed by atoms with Crippen LogP contribution in [0.1, 0.15) is 51.0 Å². The van der Waals surface area contributed by atoms with Gasteiger partial charge in [-0.1, -0.05) is 30.3 Å². The van der Waals surface area contributed by atoms with E-state index in [1.165, 1.54) is 31.2 Å². The molecule has 0 saturated heterocycles. The molecule has 19 heavy (non-hydrogen) atoms. The average Bonchev–Trinajstić information content (AvgIpc) is 2.47. The van der Waals surface area contributed by atoms with Gasteiger partial charge in [0, 0.05) is 18.1 Å². The van der Waals surface area contributed by atoms with Crippen molar-refractivity contribution < 1.29 is 0 Å². The number of likely N-dealkylation sites (N-methyl/N-ethyl adjacent to an activating group) is 1. The summed E-state index contributed by atoms with van der Waals surface area (Å²) in [6.45, 7) is 5.31. The molecule has 2 heteroatoms. The molecular formula is C17H28N2. The van der Waals surface area contributed by atoms with Crippen molar-refractivity contribution in [2.45, 2.75) is 57.0 Å². The molecule has 0 amide bonds. The maximum atomic E-state index is 6.12. The summed E-state index contributed by atoms with van der Waals surface area (Å²) in [4.78, 5) is 2.49. The van der Waals surface area contributed by atoms with Gasteiger partial charge in [0.05, 0.1) is 0 Å². The minimum Gasteiger partial charge on any atom is -0.329 e. The molecule has 0 spiro atoms. The first-order chi connectivity index (χ1) is 9.09. The molecule has 0 aliphatic heterocycles. The Hall–Kier alpha value is -0.860. The van der Waals surface area contributed by atoms with Gasteiger partial charge in [-0.05, 0) is 58.1 Å². The van der Waals surface area contributed by atoms with Gasteiger partial charge in [-0.3, -0.25) is 4.90 Å². The fourth-order valence-electron chi connectivity index (χ4n) is 3.46. The third kappa shape index (κ3) is 3.01. The first kappa shape index (κ1) is 14.5. The van der Waals surface area contributed by atoms with Gasteiger partial charge < -0.3 is 5.73 Å². The number of nitrogens with zero attached hydrogens (tertiary/aromatic N) is 1. The summed E-state index contributed by atoms with van der Waals surface area (Å²) in [5, 5.41) is 0. The summed E-state index contributed by atoms with van der Waals surface area (Å²) in [7, 11) is 2.24. The number of hydrogen-bond donors (Lipinski definition) is 1. The van der Waals surface area contributed by atoms with Crippen molar-refractivity contribution in [3.8, 4) is 0 Å². The quantitative estimate of drug-likeness (QED) is 0.899. The SMILES string of the molecule is CC(C)N(C)C1(CN)CCC(c2ccccc2)CC1. The van der Waals surface area contributed by atoms with Crippen molar-refractivity contribution in [2.75, 3.05) is 13.6 Å². The molecule has 2 rings (SSSR count). The Kier molecular flexibility index (Phi) is 4.64. The lowest BCUT2D eigenvalue weighted by Gasteiger charge is -2.48. The maximum Gasteiger partial charge on any atom is 0.0331 e. The predicted octanol–water partition coefficient (Wildman–Crippen LogP) is 3.38. The summed E-state index contributed by atoms with van der Waals surface area (Å²) in [5.74, 6) is 0.724. The third-order valence-electron chi connectivity index (χ3n) is 5.09. The topological polar surface area (TPSA) is 29.3 Å². The Morgan fingerprint density at radius 2 is 1.79 bits per heavy atom. The molecule has 1 aliphatic rings. The van der Waals surface area contributed by atoms with E-state index >= 15 is 0 Å². The van der Waals surface area contributed by atoms with E-state index in [0.29, 0.717) is 6.04 Å². The second kappa shape index (κ2) is 6.06. The molecular weight excluding hydrogens is 232 g/mol. The van der Waals surface area contributed by atoms with Gasteiger partial charge in [0.15, 0.2) is 0 Å². The molecule has 0 aromatic heterocycles. The van der Waals surface area contributed by atoms with Gasteiger partial charge in [0.2, 0.25) is 0 Å². The fraction of sp³-hybridized carbons (Fsp3) is 0.647. The molecule has 0 bridgehead atoms. The largest absolute Gasteiger partial charge is 0.329 e. The van der Waals surface area contributed by atoms with E-state index in [1.54, 1.807) is 0 Å². The van der Waals surface area contributed by atoms with Crippen LogP contribution in [0.5, 0.6) is 0 Å². The van der Waals surface area contributed by atoms with Crippen molar-refractivity contribution in [1.82, 2.24) is 4.90 Å². The van der Waals surface area contributed by atoms with Crippen LogP contribution >= 0.6 is 0 Å². The first-order valence-electron chi connectivity index (χ1n) is 7.57. The van der Waals surface area contributed by atoms with Crippen LogP contribution in [0.3, 0.4) is 0 Å². The smallest absolute Gasteiger partial charge is 0.0331 e. The molecule has 1 aliphatic carbocycles. The Labute approximate surface area is 118 Å². The van der Waals surface area contributed by atoms with Gasteiger partial charge in [0.25, 0.3) is 0 Å². The lowest BCUT2D eigenvalue weighted by molar-refractivity contribution is 0.0506. The molecule has 2 N–H and O–H groups in total. The molecule has 106 valence electrons. The molecule has 0 heterocycles. The highest BCUT2D eigenvalue weighted by atomic mass is 15.2. The lowest BCUT2D eigenvalue weighted by atomic mass is 9.73. The number of benzene rings is 1. The summed E-state index contributed by atoms with van der Waals surface area (Å²) in [6, 6.07) is 11.5. The molecule has 0 atom stereocenters. The molecule has 1 aromatic rings. The van der Waals surface area contributed by atoms with Crippen LogP contribution in [0.25, 0.3) is 0 Å². The predicted molar refractivity (Wildman–Crippen MR) is 82.3 cm³/mol. The monoisotopic (exact) mass is 260 g/mol. The van der Waals surface area contributed by atoms with E-state index in [9.17, 15) is 0 Å². The molecule has 1 saturated carbocycles. The van der Waals surface area contributed by atoms with E-state index < -0.39 is 0 Å². The lowest BCUT2D eigenvalue weighted by Crippen LogP contribution is -2.56. The molecule has 2 nitrogen and oxygen atoms in total. The molecule has 1 fully saturated rings. The van der Waals surface area contributed by atoms with Crippen LogP contribution in [-0.2, 0) is 0 Å². The van der Waals surface area contributed by atoms with E-state index in [1.807, 2.05) is 0 Å². The highest BCUT2D eigenvalue weighted by Crippen LogP contribution is 2.40. The zero-order chi connectivity index (χ0) is 13.9. The van der Waals surface area contributed by atoms with E-state index in [0.717, 1.165) is 12.5 Å². The third-order valence-corrected chi connectivity index (χ3v) is 5.09. The van der Waals surface area contributed by atoms with Crippen LogP contribution in [-0.4, -0.2) is 30.1 Å². The summed E-state index contributed by atoms with van der Waals surface area (Å²) in [6.07, 6.45) is 4.96. The molecule has 1 aromatic carbocycles. The Balaban J connectivity index is 2.05. The summed E-state index contributed by atoms with van der Waals surface area (Å²) < 4.78 is 0. The van der Waals surface area contributed by atoms with Crippen LogP contribution in [0, 0.1) is 0 Å². The highest BCUT2D eigenvalue weighted by molar-refractivity contribution is 5.20. The summed E-state index contributed by atoms with van der Waals surface area (Å²) in [5.41, 5.74) is 7.84. The van der Waals surface area contributed by atoms with Crippen molar-refractivity contribution in [2.24, 2.45) is 5.73 Å². The van der Waals surface area contributed by atoms with Gasteiger partial charge >= 0.3 is 0 Å². The Bertz CT molecular complexity index is 378. The first-order valence-corrected chi connectivity index (χ1v) is 7.57. The van der Waals surface area contributed by atoms with Gasteiger partial charge in [0.1, 0.15) is 0 Å². The minimum atomic E-state index is 0.222. The standard InChI is InChI=1S/C17H28N2/c1-14(2)19(3)17(13-18)11-9-16(10-12-17)15-7-5-4-6-8-15/h4-8,14,16H,9-13,18H2,1-3H3. The van der Waals surface area contributed by atoms with Gasteiger partial charge in [-0.15, -0.1) is 0 Å². The zero-order valence-electron chi connectivity index (χ0n) is 12.6. The number of nitrogens with two attached hydrogens (primary N) is 1. The van der Waals surface area contributed by atoms with Crippen LogP contribution < -0.4 is 5.73 Å². The maximum absolute atomic E-state index is 6.12. The fourth-order valence-corrected chi connectivity index (χ4v) is 3.46. The van der Waals surface area contributed by atoms with E-state index in [2.05, 4.69) is 56.1 Å². The van der Waals surface area contributed by atoms with Crippen molar-refractivity contribution in [3.63, 3.8) is 0 Å². The van der Waals surface area contributed by atoms with Crippen molar-refractivity contribution in [1.29, 1.82) is 0 Å². The second-order valence-electron chi connectivity index (χ2n) is 6.32. The van der Waals surface area contributed by atoms with Crippen LogP contribution in [0.15, 0.2) is 30.3 Å².